The molecule has 0 rings (SSSR count). The van der Waals surface area contributed by atoms with E-state index in [1.165, 1.54) is 7.11 Å². The molecule has 0 aromatic heterocycles. The monoisotopic (exact) mass is 230 g/mol. The number of hydrogen-bond donors (Lipinski definition) is 0. The van der Waals surface area contributed by atoms with Crippen LogP contribution in [0.4, 0.5) is 0 Å². The Labute approximate surface area is 97.3 Å². The summed E-state index contributed by atoms with van der Waals surface area (Å²) in [5.74, 6) is -0.697. The van der Waals surface area contributed by atoms with E-state index in [-0.39, 0.29) is 18.3 Å². The quantitative estimate of drug-likeness (QED) is 0.516. The fraction of sp³-hybridized carbons (Fsp3) is 0.833. The van der Waals surface area contributed by atoms with Crippen molar-refractivity contribution in [3.8, 4) is 0 Å². The summed E-state index contributed by atoms with van der Waals surface area (Å²) in [6.45, 7) is 8.90. The third kappa shape index (κ3) is 3.30. The third-order valence-corrected chi connectivity index (χ3v) is 2.52. The van der Waals surface area contributed by atoms with Gasteiger partial charge >= 0.3 is 5.97 Å². The van der Waals surface area contributed by atoms with E-state index < -0.39 is 17.5 Å². The summed E-state index contributed by atoms with van der Waals surface area (Å²) in [5.41, 5.74) is -1.15. The molecule has 0 radical (unpaired) electrons. The lowest BCUT2D eigenvalue weighted by atomic mass is 9.82. The summed E-state index contributed by atoms with van der Waals surface area (Å²) in [5, 5.41) is 0. The molecule has 0 amide bonds. The Morgan fingerprint density at radius 2 is 1.75 bits per heavy atom. The van der Waals surface area contributed by atoms with Gasteiger partial charge < -0.3 is 9.47 Å². The summed E-state index contributed by atoms with van der Waals surface area (Å²) in [4.78, 5) is 23.8. The highest BCUT2D eigenvalue weighted by atomic mass is 16.5. The van der Waals surface area contributed by atoms with Crippen LogP contribution in [0.1, 0.15) is 34.6 Å². The topological polar surface area (TPSA) is 52.6 Å². The van der Waals surface area contributed by atoms with Crippen LogP contribution in [0.2, 0.25) is 0 Å². The molecule has 4 nitrogen and oxygen atoms in total. The Balaban J connectivity index is 4.86. The standard InChI is InChI=1S/C12H22O4/c1-7-16-11(14)12(4,5)10(13)9(15-6)8(2)3/h8-9H,7H2,1-6H3. The van der Waals surface area contributed by atoms with Crippen LogP contribution in [-0.2, 0) is 19.1 Å². The van der Waals surface area contributed by atoms with Gasteiger partial charge in [0.2, 0.25) is 0 Å². The second kappa shape index (κ2) is 5.99. The van der Waals surface area contributed by atoms with Crippen LogP contribution in [0.3, 0.4) is 0 Å². The van der Waals surface area contributed by atoms with Gasteiger partial charge in [-0.25, -0.2) is 0 Å². The first-order chi connectivity index (χ1) is 7.28. The zero-order chi connectivity index (χ0) is 12.9. The number of ketones is 1. The smallest absolute Gasteiger partial charge is 0.319 e. The largest absolute Gasteiger partial charge is 0.465 e. The number of rotatable bonds is 6. The minimum absolute atomic E-state index is 0.0335. The summed E-state index contributed by atoms with van der Waals surface area (Å²) >= 11 is 0. The SMILES string of the molecule is CCOC(=O)C(C)(C)C(=O)C(OC)C(C)C. The Bertz CT molecular complexity index is 256. The van der Waals surface area contributed by atoms with E-state index in [0.29, 0.717) is 0 Å². The molecule has 1 unspecified atom stereocenters. The maximum absolute atomic E-state index is 12.1. The molecule has 16 heavy (non-hydrogen) atoms. The van der Waals surface area contributed by atoms with E-state index >= 15 is 0 Å². The molecule has 0 aliphatic carbocycles. The molecule has 0 aromatic carbocycles. The Morgan fingerprint density at radius 1 is 1.25 bits per heavy atom. The molecule has 0 saturated heterocycles. The van der Waals surface area contributed by atoms with Gasteiger partial charge in [0.1, 0.15) is 11.5 Å². The van der Waals surface area contributed by atoms with Gasteiger partial charge in [-0.2, -0.15) is 0 Å². The third-order valence-electron chi connectivity index (χ3n) is 2.52. The number of ether oxygens (including phenoxy) is 2. The van der Waals surface area contributed by atoms with Crippen LogP contribution in [0.25, 0.3) is 0 Å². The van der Waals surface area contributed by atoms with Gasteiger partial charge in [0, 0.05) is 7.11 Å². The van der Waals surface area contributed by atoms with Crippen molar-refractivity contribution >= 4 is 11.8 Å². The maximum Gasteiger partial charge on any atom is 0.319 e. The average molecular weight is 230 g/mol. The molecule has 4 heteroatoms. The molecule has 0 spiro atoms. The molecule has 0 bridgehead atoms. The predicted octanol–water partition coefficient (Wildman–Crippen LogP) is 1.82. The van der Waals surface area contributed by atoms with E-state index in [1.807, 2.05) is 13.8 Å². The Hall–Kier alpha value is -0.900. The van der Waals surface area contributed by atoms with E-state index in [2.05, 4.69) is 0 Å². The summed E-state index contributed by atoms with van der Waals surface area (Å²) in [6.07, 6.45) is -0.570. The minimum Gasteiger partial charge on any atom is -0.465 e. The normalized spacial score (nSPS) is 13.7. The van der Waals surface area contributed by atoms with E-state index in [4.69, 9.17) is 9.47 Å². The van der Waals surface area contributed by atoms with Crippen LogP contribution >= 0.6 is 0 Å². The van der Waals surface area contributed by atoms with Crippen molar-refractivity contribution in [3.05, 3.63) is 0 Å². The fourth-order valence-electron chi connectivity index (χ4n) is 1.45. The average Bonchev–Trinajstić information content (AvgIpc) is 2.18. The zero-order valence-electron chi connectivity index (χ0n) is 11.0. The van der Waals surface area contributed by atoms with Crippen LogP contribution in [-0.4, -0.2) is 31.6 Å². The van der Waals surface area contributed by atoms with Gasteiger partial charge in [0.25, 0.3) is 0 Å². The molecule has 0 saturated carbocycles. The van der Waals surface area contributed by atoms with Crippen LogP contribution < -0.4 is 0 Å². The summed E-state index contributed by atoms with van der Waals surface area (Å²) < 4.78 is 10.0. The molecule has 1 atom stereocenters. The molecular formula is C12H22O4. The molecule has 0 N–H and O–H groups in total. The van der Waals surface area contributed by atoms with Crippen molar-refractivity contribution in [2.75, 3.05) is 13.7 Å². The van der Waals surface area contributed by atoms with Crippen molar-refractivity contribution in [3.63, 3.8) is 0 Å². The van der Waals surface area contributed by atoms with E-state index in [0.717, 1.165) is 0 Å². The first kappa shape index (κ1) is 15.1. The van der Waals surface area contributed by atoms with Gasteiger partial charge in [-0.15, -0.1) is 0 Å². The number of methoxy groups -OCH3 is 1. The second-order valence-corrected chi connectivity index (χ2v) is 4.61. The van der Waals surface area contributed by atoms with Crippen molar-refractivity contribution in [1.82, 2.24) is 0 Å². The van der Waals surface area contributed by atoms with Crippen molar-refractivity contribution < 1.29 is 19.1 Å². The predicted molar refractivity (Wildman–Crippen MR) is 61.1 cm³/mol. The van der Waals surface area contributed by atoms with Gasteiger partial charge in [-0.3, -0.25) is 9.59 Å². The van der Waals surface area contributed by atoms with Gasteiger partial charge in [0.05, 0.1) is 6.61 Å². The van der Waals surface area contributed by atoms with Crippen LogP contribution in [0, 0.1) is 11.3 Å². The zero-order valence-corrected chi connectivity index (χ0v) is 11.0. The lowest BCUT2D eigenvalue weighted by Crippen LogP contribution is -2.44. The lowest BCUT2D eigenvalue weighted by Gasteiger charge is -2.27. The number of carbonyl (C=O) groups is 2. The van der Waals surface area contributed by atoms with Gasteiger partial charge in [-0.05, 0) is 26.7 Å². The molecule has 0 aliphatic heterocycles. The maximum atomic E-state index is 12.1. The number of carbonyl (C=O) groups excluding carboxylic acids is 2. The molecule has 0 aliphatic rings. The second-order valence-electron chi connectivity index (χ2n) is 4.61. The molecule has 0 fully saturated rings. The van der Waals surface area contributed by atoms with E-state index in [9.17, 15) is 9.59 Å². The molecule has 0 heterocycles. The summed E-state index contributed by atoms with van der Waals surface area (Å²) in [6, 6.07) is 0. The Morgan fingerprint density at radius 3 is 2.06 bits per heavy atom. The minimum atomic E-state index is -1.15. The van der Waals surface area contributed by atoms with Crippen LogP contribution in [0.5, 0.6) is 0 Å². The lowest BCUT2D eigenvalue weighted by molar-refractivity contribution is -0.162. The van der Waals surface area contributed by atoms with Crippen molar-refractivity contribution in [1.29, 1.82) is 0 Å². The number of Topliss-reactive ketones (excluding diaryl/α,β-unsaturated/α-hetero) is 1. The van der Waals surface area contributed by atoms with Gasteiger partial charge in [-0.1, -0.05) is 13.8 Å². The molecule has 94 valence electrons. The highest BCUT2D eigenvalue weighted by Gasteiger charge is 2.42. The highest BCUT2D eigenvalue weighted by molar-refractivity contribution is 6.05. The highest BCUT2D eigenvalue weighted by Crippen LogP contribution is 2.24. The first-order valence-electron chi connectivity index (χ1n) is 5.53. The van der Waals surface area contributed by atoms with Crippen molar-refractivity contribution in [2.45, 2.75) is 40.7 Å². The van der Waals surface area contributed by atoms with E-state index in [1.54, 1.807) is 20.8 Å². The number of esters is 1. The fourth-order valence-corrected chi connectivity index (χ4v) is 1.45. The first-order valence-corrected chi connectivity index (χ1v) is 5.53. The molecular weight excluding hydrogens is 208 g/mol. The Kier molecular flexibility index (Phi) is 5.65. The number of hydrogen-bond acceptors (Lipinski definition) is 4. The van der Waals surface area contributed by atoms with Gasteiger partial charge in [0.15, 0.2) is 5.78 Å². The van der Waals surface area contributed by atoms with Crippen LogP contribution in [0.15, 0.2) is 0 Å². The summed E-state index contributed by atoms with van der Waals surface area (Å²) in [7, 11) is 1.48. The molecule has 0 aromatic rings. The van der Waals surface area contributed by atoms with Crippen molar-refractivity contribution in [2.24, 2.45) is 11.3 Å².